The molecule has 0 aliphatic carbocycles. The minimum atomic E-state index is 1.03. The second-order valence-electron chi connectivity index (χ2n) is 3.08. The molecule has 1 aromatic rings. The molecule has 1 rings (SSSR count). The van der Waals surface area contributed by atoms with Crippen LogP contribution in [0.1, 0.15) is 28.7 Å². The van der Waals surface area contributed by atoms with Crippen LogP contribution < -0.4 is 0 Å². The quantitative estimate of drug-likeness (QED) is 0.625. The summed E-state index contributed by atoms with van der Waals surface area (Å²) < 4.78 is 0. The van der Waals surface area contributed by atoms with E-state index in [1.807, 2.05) is 18.3 Å². The predicted octanol–water partition coefficient (Wildman–Crippen LogP) is 4.34. The third kappa shape index (κ3) is 3.19. The van der Waals surface area contributed by atoms with Crippen LogP contribution in [-0.4, -0.2) is 0 Å². The predicted molar refractivity (Wildman–Crippen MR) is 62.3 cm³/mol. The van der Waals surface area contributed by atoms with Crippen molar-refractivity contribution in [3.8, 4) is 0 Å². The Morgan fingerprint density at radius 2 is 2.08 bits per heavy atom. The van der Waals surface area contributed by atoms with E-state index < -0.39 is 0 Å². The molecule has 0 fully saturated rings. The minimum Gasteiger partial charge on any atom is -0.145 e. The summed E-state index contributed by atoms with van der Waals surface area (Å²) in [7, 11) is 0. The summed E-state index contributed by atoms with van der Waals surface area (Å²) in [5.74, 6) is 0. The molecule has 0 amide bonds. The van der Waals surface area contributed by atoms with Crippen LogP contribution in [0.4, 0.5) is 0 Å². The average molecular weight is 192 g/mol. The lowest BCUT2D eigenvalue weighted by Crippen LogP contribution is -1.67. The molecule has 13 heavy (non-hydrogen) atoms. The van der Waals surface area contributed by atoms with Gasteiger partial charge in [0.1, 0.15) is 0 Å². The van der Waals surface area contributed by atoms with Gasteiger partial charge in [0.2, 0.25) is 0 Å². The molecule has 0 spiro atoms. The number of thiophene rings is 1. The van der Waals surface area contributed by atoms with Gasteiger partial charge >= 0.3 is 0 Å². The summed E-state index contributed by atoms with van der Waals surface area (Å²) in [6, 6.07) is 2.24. The molecule has 0 saturated carbocycles. The summed E-state index contributed by atoms with van der Waals surface area (Å²) in [5.41, 5.74) is 1.37. The van der Waals surface area contributed by atoms with Crippen molar-refractivity contribution in [2.75, 3.05) is 0 Å². The number of allylic oxidation sites excluding steroid dienone is 3. The van der Waals surface area contributed by atoms with Gasteiger partial charge in [0.15, 0.2) is 0 Å². The highest BCUT2D eigenvalue weighted by Crippen LogP contribution is 2.21. The SMILES string of the molecule is C/C=C\C/C=C\c1cc(C)sc1C. The molecule has 1 heteroatoms. The van der Waals surface area contributed by atoms with E-state index in [0.29, 0.717) is 0 Å². The van der Waals surface area contributed by atoms with Crippen LogP contribution in [0.15, 0.2) is 24.3 Å². The number of rotatable bonds is 3. The molecule has 0 aliphatic rings. The lowest BCUT2D eigenvalue weighted by molar-refractivity contribution is 1.39. The normalized spacial score (nSPS) is 11.9. The highest BCUT2D eigenvalue weighted by Gasteiger charge is 1.97. The Labute approximate surface area is 84.6 Å². The molecular formula is C12H16S. The second-order valence-corrected chi connectivity index (χ2v) is 4.54. The number of hydrogen-bond acceptors (Lipinski definition) is 1. The van der Waals surface area contributed by atoms with E-state index in [9.17, 15) is 0 Å². The summed E-state index contributed by atoms with van der Waals surface area (Å²) >= 11 is 1.86. The molecular weight excluding hydrogens is 176 g/mol. The monoisotopic (exact) mass is 192 g/mol. The van der Waals surface area contributed by atoms with E-state index in [4.69, 9.17) is 0 Å². The molecule has 0 radical (unpaired) electrons. The Morgan fingerprint density at radius 3 is 2.62 bits per heavy atom. The van der Waals surface area contributed by atoms with Crippen molar-refractivity contribution in [3.05, 3.63) is 39.6 Å². The van der Waals surface area contributed by atoms with Crippen LogP contribution in [-0.2, 0) is 0 Å². The van der Waals surface area contributed by atoms with E-state index >= 15 is 0 Å². The van der Waals surface area contributed by atoms with Gasteiger partial charge in [-0.2, -0.15) is 0 Å². The van der Waals surface area contributed by atoms with Crippen LogP contribution >= 0.6 is 11.3 Å². The van der Waals surface area contributed by atoms with E-state index in [0.717, 1.165) is 6.42 Å². The maximum Gasteiger partial charge on any atom is 0.00892 e. The molecule has 70 valence electrons. The lowest BCUT2D eigenvalue weighted by atomic mass is 10.2. The highest BCUT2D eigenvalue weighted by molar-refractivity contribution is 7.12. The smallest absolute Gasteiger partial charge is 0.00892 e. The van der Waals surface area contributed by atoms with E-state index in [1.54, 1.807) is 0 Å². The standard InChI is InChI=1S/C12H16S/c1-4-5-6-7-8-12-9-10(2)13-11(12)3/h4-5,7-9H,6H2,1-3H3/b5-4-,8-7-. The topological polar surface area (TPSA) is 0 Å². The first-order valence-corrected chi connectivity index (χ1v) is 5.40. The number of hydrogen-bond donors (Lipinski definition) is 0. The van der Waals surface area contributed by atoms with Gasteiger partial charge in [0.05, 0.1) is 0 Å². The summed E-state index contributed by atoms with van der Waals surface area (Å²) in [5, 5.41) is 0. The van der Waals surface area contributed by atoms with Crippen LogP contribution in [0.25, 0.3) is 6.08 Å². The van der Waals surface area contributed by atoms with Crippen molar-refractivity contribution < 1.29 is 0 Å². The molecule has 0 aromatic carbocycles. The summed E-state index contributed by atoms with van der Waals surface area (Å²) in [6.07, 6.45) is 9.68. The Kier molecular flexibility index (Phi) is 3.97. The summed E-state index contributed by atoms with van der Waals surface area (Å²) in [4.78, 5) is 2.80. The Balaban J connectivity index is 2.62. The van der Waals surface area contributed by atoms with Gasteiger partial charge in [-0.15, -0.1) is 11.3 Å². The van der Waals surface area contributed by atoms with Crippen molar-refractivity contribution >= 4 is 17.4 Å². The largest absolute Gasteiger partial charge is 0.145 e. The Hall–Kier alpha value is -0.820. The maximum atomic E-state index is 2.24. The van der Waals surface area contributed by atoms with Crippen LogP contribution in [0.2, 0.25) is 0 Å². The third-order valence-corrected chi connectivity index (χ3v) is 2.87. The van der Waals surface area contributed by atoms with Crippen molar-refractivity contribution in [1.29, 1.82) is 0 Å². The van der Waals surface area contributed by atoms with Crippen LogP contribution in [0.5, 0.6) is 0 Å². The molecule has 0 nitrogen and oxygen atoms in total. The fourth-order valence-corrected chi connectivity index (χ4v) is 2.14. The van der Waals surface area contributed by atoms with Gasteiger partial charge in [0, 0.05) is 9.75 Å². The van der Waals surface area contributed by atoms with Crippen LogP contribution in [0.3, 0.4) is 0 Å². The van der Waals surface area contributed by atoms with Gasteiger partial charge < -0.3 is 0 Å². The van der Waals surface area contributed by atoms with Crippen molar-refractivity contribution in [3.63, 3.8) is 0 Å². The van der Waals surface area contributed by atoms with E-state index in [2.05, 4.69) is 44.2 Å². The zero-order valence-corrected chi connectivity index (χ0v) is 9.32. The minimum absolute atomic E-state index is 1.03. The van der Waals surface area contributed by atoms with Crippen LogP contribution in [0, 0.1) is 13.8 Å². The Morgan fingerprint density at radius 1 is 1.31 bits per heavy atom. The third-order valence-electron chi connectivity index (χ3n) is 1.88. The Bertz CT molecular complexity index is 316. The first-order chi connectivity index (χ1) is 6.24. The molecule has 0 unspecified atom stereocenters. The zero-order valence-electron chi connectivity index (χ0n) is 8.50. The van der Waals surface area contributed by atoms with Crippen molar-refractivity contribution in [1.82, 2.24) is 0 Å². The second kappa shape index (κ2) is 5.03. The van der Waals surface area contributed by atoms with Gasteiger partial charge in [0.25, 0.3) is 0 Å². The molecule has 0 N–H and O–H groups in total. The van der Waals surface area contributed by atoms with Crippen molar-refractivity contribution in [2.45, 2.75) is 27.2 Å². The van der Waals surface area contributed by atoms with E-state index in [-0.39, 0.29) is 0 Å². The zero-order chi connectivity index (χ0) is 9.68. The maximum absolute atomic E-state index is 2.24. The fourth-order valence-electron chi connectivity index (χ4n) is 1.23. The molecule has 1 aromatic heterocycles. The van der Waals surface area contributed by atoms with Crippen molar-refractivity contribution in [2.24, 2.45) is 0 Å². The van der Waals surface area contributed by atoms with Gasteiger partial charge in [-0.1, -0.05) is 24.3 Å². The average Bonchev–Trinajstić information content (AvgIpc) is 2.39. The first-order valence-electron chi connectivity index (χ1n) is 4.58. The highest BCUT2D eigenvalue weighted by atomic mass is 32.1. The molecule has 0 saturated heterocycles. The molecule has 0 aliphatic heterocycles. The first kappa shape index (κ1) is 10.3. The summed E-state index contributed by atoms with van der Waals surface area (Å²) in [6.45, 7) is 6.38. The lowest BCUT2D eigenvalue weighted by Gasteiger charge is -1.87. The van der Waals surface area contributed by atoms with Gasteiger partial charge in [-0.05, 0) is 38.8 Å². The number of aryl methyl sites for hydroxylation is 2. The molecule has 0 bridgehead atoms. The van der Waals surface area contributed by atoms with E-state index in [1.165, 1.54) is 15.3 Å². The molecule has 1 heterocycles. The fraction of sp³-hybridized carbons (Fsp3) is 0.333. The van der Waals surface area contributed by atoms with Gasteiger partial charge in [-0.3, -0.25) is 0 Å². The molecule has 0 atom stereocenters. The van der Waals surface area contributed by atoms with Gasteiger partial charge in [-0.25, -0.2) is 0 Å².